The Morgan fingerprint density at radius 1 is 1.04 bits per heavy atom. The molecule has 1 aromatic heterocycles. The summed E-state index contributed by atoms with van der Waals surface area (Å²) in [5.41, 5.74) is 0.796. The molecule has 0 aliphatic carbocycles. The second kappa shape index (κ2) is 14.0. The fourth-order valence-electron chi connectivity index (χ4n) is 1.92. The third-order valence-corrected chi connectivity index (χ3v) is 3.18. The number of nitrogens with zero attached hydrogens (tertiary/aromatic N) is 3. The molecule has 138 valence electrons. The monoisotopic (exact) mass is 343 g/mol. The van der Waals surface area contributed by atoms with E-state index in [0.717, 1.165) is 25.1 Å². The van der Waals surface area contributed by atoms with E-state index in [4.69, 9.17) is 18.9 Å². The molecule has 0 saturated carbocycles. The Balaban J connectivity index is 1.95. The van der Waals surface area contributed by atoms with Crippen molar-refractivity contribution in [1.29, 1.82) is 0 Å². The first-order valence-corrected chi connectivity index (χ1v) is 8.33. The quantitative estimate of drug-likeness (QED) is 0.417. The molecule has 0 spiro atoms. The summed E-state index contributed by atoms with van der Waals surface area (Å²) in [5, 5.41) is 8.09. The number of unbranched alkanes of at least 4 members (excludes halogenated alkanes) is 1. The van der Waals surface area contributed by atoms with Gasteiger partial charge in [-0.25, -0.2) is 0 Å². The lowest BCUT2D eigenvalue weighted by Crippen LogP contribution is -2.11. The molecule has 0 aliphatic heterocycles. The van der Waals surface area contributed by atoms with Gasteiger partial charge in [-0.05, 0) is 19.8 Å². The molecule has 8 nitrogen and oxygen atoms in total. The van der Waals surface area contributed by atoms with Gasteiger partial charge in [-0.3, -0.25) is 4.68 Å². The maximum Gasteiger partial charge on any atom is 0.129 e. The Kier molecular flexibility index (Phi) is 12.1. The maximum absolute atomic E-state index is 10.9. The molecule has 0 aromatic carbocycles. The minimum Gasteiger partial charge on any atom is -0.382 e. The third kappa shape index (κ3) is 11.2. The van der Waals surface area contributed by atoms with Crippen LogP contribution in [0, 0.1) is 0 Å². The SMILES string of the molecule is COCCOCCOCCOCc1cn(CCCCC(C)=O)nn1. The first-order valence-electron chi connectivity index (χ1n) is 8.33. The largest absolute Gasteiger partial charge is 0.382 e. The highest BCUT2D eigenvalue weighted by atomic mass is 16.6. The fraction of sp³-hybridized carbons (Fsp3) is 0.812. The van der Waals surface area contributed by atoms with Crippen molar-refractivity contribution in [3.8, 4) is 0 Å². The molecule has 1 aromatic rings. The van der Waals surface area contributed by atoms with Gasteiger partial charge in [-0.1, -0.05) is 5.21 Å². The molecule has 1 rings (SSSR count). The number of hydrogen-bond donors (Lipinski definition) is 0. The number of Topliss-reactive ketones (excluding diaryl/α,β-unsaturated/α-hetero) is 1. The summed E-state index contributed by atoms with van der Waals surface area (Å²) >= 11 is 0. The zero-order chi connectivity index (χ0) is 17.5. The van der Waals surface area contributed by atoms with Crippen molar-refractivity contribution in [3.63, 3.8) is 0 Å². The van der Waals surface area contributed by atoms with Crippen LogP contribution in [0.5, 0.6) is 0 Å². The topological polar surface area (TPSA) is 84.7 Å². The van der Waals surface area contributed by atoms with E-state index in [-0.39, 0.29) is 5.78 Å². The van der Waals surface area contributed by atoms with Crippen LogP contribution in [0.4, 0.5) is 0 Å². The number of aromatic nitrogens is 3. The fourth-order valence-corrected chi connectivity index (χ4v) is 1.92. The summed E-state index contributed by atoms with van der Waals surface area (Å²) in [6.07, 6.45) is 4.30. The van der Waals surface area contributed by atoms with Crippen molar-refractivity contribution in [2.75, 3.05) is 46.8 Å². The first kappa shape index (κ1) is 20.7. The minimum absolute atomic E-state index is 0.228. The standard InChI is InChI=1S/C16H29N3O5/c1-15(20)5-3-4-6-19-13-16(17-18-19)14-24-12-11-23-10-9-22-8-7-21-2/h13H,3-12,14H2,1-2H3. The van der Waals surface area contributed by atoms with Gasteiger partial charge < -0.3 is 23.7 Å². The molecule has 0 radical (unpaired) electrons. The van der Waals surface area contributed by atoms with E-state index < -0.39 is 0 Å². The van der Waals surface area contributed by atoms with E-state index >= 15 is 0 Å². The van der Waals surface area contributed by atoms with Crippen LogP contribution in [-0.4, -0.2) is 67.5 Å². The minimum atomic E-state index is 0.228. The first-order chi connectivity index (χ1) is 11.7. The highest BCUT2D eigenvalue weighted by molar-refractivity contribution is 5.75. The van der Waals surface area contributed by atoms with Crippen molar-refractivity contribution in [2.24, 2.45) is 0 Å². The van der Waals surface area contributed by atoms with Crippen LogP contribution >= 0.6 is 0 Å². The number of methoxy groups -OCH3 is 1. The lowest BCUT2D eigenvalue weighted by molar-refractivity contribution is -0.117. The van der Waals surface area contributed by atoms with Crippen molar-refractivity contribution < 1.29 is 23.7 Å². The van der Waals surface area contributed by atoms with Crippen LogP contribution in [-0.2, 0) is 36.9 Å². The van der Waals surface area contributed by atoms with Gasteiger partial charge in [0.25, 0.3) is 0 Å². The average Bonchev–Trinajstić information content (AvgIpc) is 3.01. The summed E-state index contributed by atoms with van der Waals surface area (Å²) in [7, 11) is 1.64. The molecule has 0 atom stereocenters. The zero-order valence-electron chi connectivity index (χ0n) is 14.7. The number of ketones is 1. The second-order valence-corrected chi connectivity index (χ2v) is 5.40. The Morgan fingerprint density at radius 3 is 2.38 bits per heavy atom. The molecule has 8 heteroatoms. The van der Waals surface area contributed by atoms with E-state index in [1.54, 1.807) is 18.7 Å². The zero-order valence-corrected chi connectivity index (χ0v) is 14.7. The van der Waals surface area contributed by atoms with Crippen LogP contribution < -0.4 is 0 Å². The highest BCUT2D eigenvalue weighted by Gasteiger charge is 2.02. The summed E-state index contributed by atoms with van der Waals surface area (Å²) in [5.74, 6) is 0.228. The van der Waals surface area contributed by atoms with Crippen LogP contribution in [0.3, 0.4) is 0 Å². The second-order valence-electron chi connectivity index (χ2n) is 5.40. The van der Waals surface area contributed by atoms with E-state index in [1.807, 2.05) is 6.20 Å². The molecular weight excluding hydrogens is 314 g/mol. The molecule has 0 fully saturated rings. The molecule has 0 N–H and O–H groups in total. The van der Waals surface area contributed by atoms with Gasteiger partial charge in [0, 0.05) is 20.1 Å². The van der Waals surface area contributed by atoms with Crippen LogP contribution in [0.25, 0.3) is 0 Å². The molecule has 1 heterocycles. The molecule has 0 aliphatic rings. The lowest BCUT2D eigenvalue weighted by atomic mass is 10.2. The van der Waals surface area contributed by atoms with E-state index in [0.29, 0.717) is 52.7 Å². The predicted octanol–water partition coefficient (Wildman–Crippen LogP) is 1.23. The van der Waals surface area contributed by atoms with Gasteiger partial charge in [-0.2, -0.15) is 0 Å². The van der Waals surface area contributed by atoms with Crippen molar-refractivity contribution in [1.82, 2.24) is 15.0 Å². The highest BCUT2D eigenvalue weighted by Crippen LogP contribution is 2.01. The number of aryl methyl sites for hydroxylation is 1. The Morgan fingerprint density at radius 2 is 1.71 bits per heavy atom. The van der Waals surface area contributed by atoms with E-state index in [2.05, 4.69) is 10.3 Å². The van der Waals surface area contributed by atoms with E-state index in [9.17, 15) is 4.79 Å². The molecule has 24 heavy (non-hydrogen) atoms. The van der Waals surface area contributed by atoms with Gasteiger partial charge in [0.15, 0.2) is 0 Å². The normalized spacial score (nSPS) is 11.1. The molecule has 0 bridgehead atoms. The van der Waals surface area contributed by atoms with Gasteiger partial charge in [0.1, 0.15) is 11.5 Å². The third-order valence-electron chi connectivity index (χ3n) is 3.18. The lowest BCUT2D eigenvalue weighted by Gasteiger charge is -2.05. The van der Waals surface area contributed by atoms with Crippen molar-refractivity contribution in [2.45, 2.75) is 39.3 Å². The number of hydrogen-bond acceptors (Lipinski definition) is 7. The van der Waals surface area contributed by atoms with Crippen LogP contribution in [0.2, 0.25) is 0 Å². The van der Waals surface area contributed by atoms with Crippen LogP contribution in [0.1, 0.15) is 31.9 Å². The molecule has 0 saturated heterocycles. The van der Waals surface area contributed by atoms with Crippen molar-refractivity contribution in [3.05, 3.63) is 11.9 Å². The molecular formula is C16H29N3O5. The number of rotatable bonds is 16. The van der Waals surface area contributed by atoms with Gasteiger partial charge >= 0.3 is 0 Å². The number of ether oxygens (including phenoxy) is 4. The summed E-state index contributed by atoms with van der Waals surface area (Å²) in [4.78, 5) is 10.9. The smallest absolute Gasteiger partial charge is 0.129 e. The maximum atomic E-state index is 10.9. The predicted molar refractivity (Wildman–Crippen MR) is 87.7 cm³/mol. The van der Waals surface area contributed by atoms with Crippen LogP contribution in [0.15, 0.2) is 6.20 Å². The van der Waals surface area contributed by atoms with Gasteiger partial charge in [-0.15, -0.1) is 5.10 Å². The van der Waals surface area contributed by atoms with Crippen molar-refractivity contribution >= 4 is 5.78 Å². The number of carbonyl (C=O) groups excluding carboxylic acids is 1. The van der Waals surface area contributed by atoms with Gasteiger partial charge in [0.05, 0.1) is 52.4 Å². The van der Waals surface area contributed by atoms with E-state index in [1.165, 1.54) is 0 Å². The van der Waals surface area contributed by atoms with Gasteiger partial charge in [0.2, 0.25) is 0 Å². The summed E-state index contributed by atoms with van der Waals surface area (Å²) in [6.45, 7) is 6.11. The summed E-state index contributed by atoms with van der Waals surface area (Å²) < 4.78 is 22.8. The summed E-state index contributed by atoms with van der Waals surface area (Å²) in [6, 6.07) is 0. The molecule has 0 amide bonds. The number of carbonyl (C=O) groups is 1. The Bertz CT molecular complexity index is 439. The average molecular weight is 343 g/mol. The molecule has 0 unspecified atom stereocenters. The Hall–Kier alpha value is -1.35. The Labute approximate surface area is 143 Å².